The van der Waals surface area contributed by atoms with Crippen LogP contribution in [0.3, 0.4) is 0 Å². The van der Waals surface area contributed by atoms with E-state index in [-0.39, 0.29) is 5.97 Å². The van der Waals surface area contributed by atoms with Crippen LogP contribution in [-0.2, 0) is 11.3 Å². The van der Waals surface area contributed by atoms with Gasteiger partial charge >= 0.3 is 5.97 Å². The molecule has 7 heteroatoms. The van der Waals surface area contributed by atoms with Crippen LogP contribution in [0.4, 0.5) is 5.13 Å². The molecule has 114 valence electrons. The number of aromatic nitrogens is 3. The quantitative estimate of drug-likeness (QED) is 0.656. The maximum atomic E-state index is 11.5. The molecule has 0 amide bonds. The fourth-order valence-electron chi connectivity index (χ4n) is 2.08. The number of ether oxygens (including phenoxy) is 1. The van der Waals surface area contributed by atoms with E-state index in [0.717, 1.165) is 35.2 Å². The van der Waals surface area contributed by atoms with Gasteiger partial charge in [-0.25, -0.2) is 9.78 Å². The standard InChI is InChI=1S/C14H20N4O2S/c1-9-8-10(2)18(17-9)7-5-6-15-14-16-12(11(3)21-14)13(19)20-4/h8H,5-7H2,1-4H3,(H,15,16). The van der Waals surface area contributed by atoms with Gasteiger partial charge in [0.1, 0.15) is 0 Å². The average Bonchev–Trinajstić information content (AvgIpc) is 2.96. The lowest BCUT2D eigenvalue weighted by atomic mass is 10.4. The van der Waals surface area contributed by atoms with Crippen molar-refractivity contribution < 1.29 is 9.53 Å². The third kappa shape index (κ3) is 3.81. The molecule has 0 aliphatic rings. The molecule has 0 unspecified atom stereocenters. The first-order chi connectivity index (χ1) is 10.0. The Hall–Kier alpha value is -1.89. The Balaban J connectivity index is 1.84. The molecule has 2 aromatic rings. The van der Waals surface area contributed by atoms with Crippen LogP contribution in [0.5, 0.6) is 0 Å². The Bertz CT molecular complexity index is 633. The molecule has 2 heterocycles. The van der Waals surface area contributed by atoms with Gasteiger partial charge in [-0.1, -0.05) is 0 Å². The summed E-state index contributed by atoms with van der Waals surface area (Å²) in [7, 11) is 1.36. The fourth-order valence-corrected chi connectivity index (χ4v) is 2.91. The zero-order valence-electron chi connectivity index (χ0n) is 12.8. The summed E-state index contributed by atoms with van der Waals surface area (Å²) in [5, 5.41) is 8.41. The van der Waals surface area contributed by atoms with E-state index in [1.165, 1.54) is 24.1 Å². The normalized spacial score (nSPS) is 10.7. The smallest absolute Gasteiger partial charge is 0.357 e. The van der Waals surface area contributed by atoms with Gasteiger partial charge < -0.3 is 10.1 Å². The van der Waals surface area contributed by atoms with Crippen molar-refractivity contribution in [3.8, 4) is 0 Å². The largest absolute Gasteiger partial charge is 0.464 e. The molecule has 2 aromatic heterocycles. The lowest BCUT2D eigenvalue weighted by Gasteiger charge is -2.05. The van der Waals surface area contributed by atoms with Crippen molar-refractivity contribution in [3.05, 3.63) is 28.0 Å². The molecular formula is C14H20N4O2S. The Morgan fingerprint density at radius 1 is 1.43 bits per heavy atom. The van der Waals surface area contributed by atoms with Gasteiger partial charge in [-0.05, 0) is 33.3 Å². The summed E-state index contributed by atoms with van der Waals surface area (Å²) >= 11 is 1.47. The molecule has 0 saturated heterocycles. The number of nitrogens with one attached hydrogen (secondary N) is 1. The van der Waals surface area contributed by atoms with E-state index in [1.807, 2.05) is 18.5 Å². The second-order valence-electron chi connectivity index (χ2n) is 4.85. The third-order valence-electron chi connectivity index (χ3n) is 3.10. The van der Waals surface area contributed by atoms with Crippen molar-refractivity contribution in [1.82, 2.24) is 14.8 Å². The summed E-state index contributed by atoms with van der Waals surface area (Å²) in [6.45, 7) is 7.56. The second-order valence-corrected chi connectivity index (χ2v) is 6.05. The van der Waals surface area contributed by atoms with E-state index in [9.17, 15) is 4.79 Å². The van der Waals surface area contributed by atoms with Crippen molar-refractivity contribution in [3.63, 3.8) is 0 Å². The van der Waals surface area contributed by atoms with Gasteiger partial charge in [0.2, 0.25) is 0 Å². The molecular weight excluding hydrogens is 288 g/mol. The first kappa shape index (κ1) is 15.5. The average molecular weight is 308 g/mol. The first-order valence-corrected chi connectivity index (χ1v) is 7.63. The van der Waals surface area contributed by atoms with Gasteiger partial charge in [0.05, 0.1) is 12.8 Å². The third-order valence-corrected chi connectivity index (χ3v) is 4.03. The van der Waals surface area contributed by atoms with E-state index >= 15 is 0 Å². The maximum Gasteiger partial charge on any atom is 0.357 e. The fraction of sp³-hybridized carbons (Fsp3) is 0.500. The van der Waals surface area contributed by atoms with E-state index in [0.29, 0.717) is 5.69 Å². The zero-order valence-corrected chi connectivity index (χ0v) is 13.6. The molecule has 0 radical (unpaired) electrons. The van der Waals surface area contributed by atoms with Crippen LogP contribution in [-0.4, -0.2) is 34.4 Å². The van der Waals surface area contributed by atoms with Crippen LogP contribution in [0, 0.1) is 20.8 Å². The van der Waals surface area contributed by atoms with Gasteiger partial charge in [0.25, 0.3) is 0 Å². The van der Waals surface area contributed by atoms with Crippen molar-refractivity contribution in [2.24, 2.45) is 0 Å². The summed E-state index contributed by atoms with van der Waals surface area (Å²) in [5.74, 6) is -0.389. The molecule has 0 saturated carbocycles. The minimum absolute atomic E-state index is 0.389. The number of anilines is 1. The summed E-state index contributed by atoms with van der Waals surface area (Å²) in [5.41, 5.74) is 2.60. The van der Waals surface area contributed by atoms with E-state index in [2.05, 4.69) is 28.4 Å². The Morgan fingerprint density at radius 3 is 2.81 bits per heavy atom. The zero-order chi connectivity index (χ0) is 15.4. The van der Waals surface area contributed by atoms with Gasteiger partial charge in [0.15, 0.2) is 10.8 Å². The van der Waals surface area contributed by atoms with Gasteiger partial charge in [-0.15, -0.1) is 11.3 Å². The molecule has 0 aromatic carbocycles. The second kappa shape index (κ2) is 6.71. The Kier molecular flexibility index (Phi) is 4.95. The Labute approximate surface area is 128 Å². The number of methoxy groups -OCH3 is 1. The number of carbonyl (C=O) groups is 1. The van der Waals surface area contributed by atoms with Crippen molar-refractivity contribution in [2.45, 2.75) is 33.7 Å². The number of rotatable bonds is 6. The van der Waals surface area contributed by atoms with E-state index in [4.69, 9.17) is 4.74 Å². The molecule has 0 atom stereocenters. The summed E-state index contributed by atoms with van der Waals surface area (Å²) in [6, 6.07) is 2.07. The van der Waals surface area contributed by atoms with Crippen LogP contribution in [0.15, 0.2) is 6.07 Å². The number of hydrogen-bond donors (Lipinski definition) is 1. The first-order valence-electron chi connectivity index (χ1n) is 6.82. The minimum Gasteiger partial charge on any atom is -0.464 e. The molecule has 0 aliphatic carbocycles. The van der Waals surface area contributed by atoms with Gasteiger partial charge in [0, 0.05) is 23.7 Å². The number of carbonyl (C=O) groups excluding carboxylic acids is 1. The number of nitrogens with zero attached hydrogens (tertiary/aromatic N) is 3. The number of esters is 1. The highest BCUT2D eigenvalue weighted by Crippen LogP contribution is 2.22. The monoisotopic (exact) mass is 308 g/mol. The molecule has 0 fully saturated rings. The number of aryl methyl sites for hydroxylation is 4. The maximum absolute atomic E-state index is 11.5. The molecule has 0 bridgehead atoms. The molecule has 0 aliphatic heterocycles. The van der Waals surface area contributed by atoms with Gasteiger partial charge in [-0.3, -0.25) is 4.68 Å². The van der Waals surface area contributed by atoms with Crippen LogP contribution < -0.4 is 5.32 Å². The Morgan fingerprint density at radius 2 is 2.19 bits per heavy atom. The van der Waals surface area contributed by atoms with Crippen molar-refractivity contribution >= 4 is 22.4 Å². The number of hydrogen-bond acceptors (Lipinski definition) is 6. The molecule has 2 rings (SSSR count). The van der Waals surface area contributed by atoms with E-state index in [1.54, 1.807) is 0 Å². The van der Waals surface area contributed by atoms with Crippen LogP contribution in [0.25, 0.3) is 0 Å². The lowest BCUT2D eigenvalue weighted by molar-refractivity contribution is 0.0594. The van der Waals surface area contributed by atoms with Crippen molar-refractivity contribution in [1.29, 1.82) is 0 Å². The summed E-state index contributed by atoms with van der Waals surface area (Å²) in [4.78, 5) is 16.6. The molecule has 1 N–H and O–H groups in total. The minimum atomic E-state index is -0.389. The van der Waals surface area contributed by atoms with Crippen LogP contribution >= 0.6 is 11.3 Å². The lowest BCUT2D eigenvalue weighted by Crippen LogP contribution is -2.09. The molecule has 21 heavy (non-hydrogen) atoms. The highest BCUT2D eigenvalue weighted by Gasteiger charge is 2.15. The highest BCUT2D eigenvalue weighted by atomic mass is 32.1. The van der Waals surface area contributed by atoms with Gasteiger partial charge in [-0.2, -0.15) is 5.10 Å². The van der Waals surface area contributed by atoms with Crippen molar-refractivity contribution in [2.75, 3.05) is 19.0 Å². The van der Waals surface area contributed by atoms with Crippen LogP contribution in [0.1, 0.15) is 33.2 Å². The highest BCUT2D eigenvalue weighted by molar-refractivity contribution is 7.15. The topological polar surface area (TPSA) is 69.0 Å². The summed E-state index contributed by atoms with van der Waals surface area (Å²) in [6.07, 6.45) is 0.939. The number of thiazole rings is 1. The van der Waals surface area contributed by atoms with E-state index < -0.39 is 0 Å². The predicted octanol–water partition coefficient (Wildman–Crippen LogP) is 2.55. The molecule has 6 nitrogen and oxygen atoms in total. The SMILES string of the molecule is COC(=O)c1nc(NCCCn2nc(C)cc2C)sc1C. The molecule has 0 spiro atoms. The predicted molar refractivity (Wildman–Crippen MR) is 83.0 cm³/mol. The van der Waals surface area contributed by atoms with Crippen LogP contribution in [0.2, 0.25) is 0 Å². The summed E-state index contributed by atoms with van der Waals surface area (Å²) < 4.78 is 6.70.